The molecule has 0 saturated heterocycles. The second-order valence-corrected chi connectivity index (χ2v) is 2.68. The quantitative estimate of drug-likeness (QED) is 0.288. The van der Waals surface area contributed by atoms with Gasteiger partial charge in [-0.1, -0.05) is 0 Å². The van der Waals surface area contributed by atoms with E-state index in [4.69, 9.17) is 38.5 Å². The normalized spacial score (nSPS) is 7.87. The van der Waals surface area contributed by atoms with Crippen LogP contribution in [0.5, 0.6) is 0 Å². The van der Waals surface area contributed by atoms with E-state index < -0.39 is 15.6 Å². The van der Waals surface area contributed by atoms with Crippen LogP contribution in [0.3, 0.4) is 0 Å². The summed E-state index contributed by atoms with van der Waals surface area (Å²) in [5.74, 6) is 0. The van der Waals surface area contributed by atoms with Crippen LogP contribution in [0.2, 0.25) is 0 Å². The smallest absolute Gasteiger partial charge is 1.00 e. The Hall–Kier alpha value is 5.26. The Morgan fingerprint density at radius 3 is 0.667 bits per heavy atom. The number of rotatable bonds is 0. The van der Waals surface area contributed by atoms with Gasteiger partial charge in [-0.25, -0.2) is 0 Å². The van der Waals surface area contributed by atoms with Crippen molar-refractivity contribution in [3.05, 3.63) is 0 Å². The minimum Gasteiger partial charge on any atom is -1.00 e. The second kappa shape index (κ2) is 21.6. The van der Waals surface area contributed by atoms with Crippen molar-refractivity contribution in [3.8, 4) is 0 Å². The van der Waals surface area contributed by atoms with E-state index in [1.54, 1.807) is 0 Å². The molecule has 0 bridgehead atoms. The molecule has 0 saturated carbocycles. The largest absolute Gasteiger partial charge is 2.00 e. The fraction of sp³-hybridized carbons (Fsp3) is 0. The van der Waals surface area contributed by atoms with E-state index in [0.717, 1.165) is 0 Å². The van der Waals surface area contributed by atoms with Gasteiger partial charge in [-0.2, -0.15) is 15.6 Å². The number of phosphoric acid groups is 2. The summed E-state index contributed by atoms with van der Waals surface area (Å²) < 4.78 is 17.1. The summed E-state index contributed by atoms with van der Waals surface area (Å²) in [5, 5.41) is 0. The van der Waals surface area contributed by atoms with Gasteiger partial charge in [-0.15, -0.1) is 0 Å². The number of hydrogen-bond donors (Lipinski definition) is 0. The van der Waals surface area contributed by atoms with Gasteiger partial charge in [0.1, 0.15) is 0 Å². The standard InChI is InChI=1S/Ca.3Mg.2H3O4P.Sr.4H/c;;;;2*1-5(2,3)4;;;;;/h;;;;2*(H3,1,2,3,4);;;;;/q4*+2;;;+2;4*-1/p-6. The van der Waals surface area contributed by atoms with Crippen molar-refractivity contribution in [2.75, 3.05) is 0 Å². The Morgan fingerprint density at radius 1 is 0.667 bits per heavy atom. The minimum absolute atomic E-state index is 0. The summed E-state index contributed by atoms with van der Waals surface area (Å²) >= 11 is 0. The van der Waals surface area contributed by atoms with Gasteiger partial charge in [0.25, 0.3) is 0 Å². The molecule has 15 heavy (non-hydrogen) atoms. The van der Waals surface area contributed by atoms with Gasteiger partial charge >= 0.3 is 152 Å². The fourth-order valence-corrected chi connectivity index (χ4v) is 0. The van der Waals surface area contributed by atoms with Crippen molar-refractivity contribution >= 4 is 168 Å². The maximum atomic E-state index is 8.55. The van der Waals surface area contributed by atoms with E-state index in [1.165, 1.54) is 0 Å². The first kappa shape index (κ1) is 42.7. The van der Waals surface area contributed by atoms with Gasteiger partial charge in [0, 0.05) is 0 Å². The van der Waals surface area contributed by atoms with Crippen LogP contribution >= 0.6 is 15.6 Å². The van der Waals surface area contributed by atoms with E-state index in [-0.39, 0.29) is 158 Å². The first-order valence-corrected chi connectivity index (χ1v) is 4.38. The van der Waals surface area contributed by atoms with Crippen LogP contribution in [-0.2, 0) is 9.13 Å². The summed E-state index contributed by atoms with van der Waals surface area (Å²) in [6.45, 7) is 0. The summed E-state index contributed by atoms with van der Waals surface area (Å²) in [4.78, 5) is 51.3. The molecule has 0 unspecified atom stereocenters. The van der Waals surface area contributed by atoms with Crippen LogP contribution in [0.15, 0.2) is 0 Å². The van der Waals surface area contributed by atoms with E-state index in [2.05, 4.69) is 0 Å². The van der Waals surface area contributed by atoms with Crippen LogP contribution in [0.25, 0.3) is 0 Å². The van der Waals surface area contributed by atoms with Gasteiger partial charge in [0.2, 0.25) is 0 Å². The van der Waals surface area contributed by atoms with Crippen molar-refractivity contribution in [2.45, 2.75) is 0 Å². The average molecular weight is 395 g/mol. The Kier molecular flexibility index (Phi) is 61.4. The third kappa shape index (κ3) is 207. The van der Waals surface area contributed by atoms with Crippen LogP contribution in [0.1, 0.15) is 5.71 Å². The van der Waals surface area contributed by atoms with Crippen molar-refractivity contribution in [2.24, 2.45) is 0 Å². The van der Waals surface area contributed by atoms with Gasteiger partial charge in [0.15, 0.2) is 0 Å². The molecule has 0 aliphatic heterocycles. The third-order valence-corrected chi connectivity index (χ3v) is 0. The molecule has 0 heterocycles. The molecule has 0 aromatic carbocycles. The van der Waals surface area contributed by atoms with E-state index >= 15 is 0 Å². The molecule has 0 radical (unpaired) electrons. The molecule has 0 atom stereocenters. The SMILES string of the molecule is O=P([O-])([O-])[O-].O=P([O-])([O-])[O-].[Ca+2].[H-].[H-].[H-].[H-].[Mg+2].[Mg+2].[Mg+2].[Sr+2]. The van der Waals surface area contributed by atoms with E-state index in [9.17, 15) is 0 Å². The van der Waals surface area contributed by atoms with Gasteiger partial charge in [-0.3, -0.25) is 0 Å². The van der Waals surface area contributed by atoms with Crippen LogP contribution in [0.4, 0.5) is 0 Å². The van der Waals surface area contributed by atoms with Crippen LogP contribution < -0.4 is 29.4 Å². The van der Waals surface area contributed by atoms with Crippen molar-refractivity contribution in [3.63, 3.8) is 0 Å². The predicted molar refractivity (Wildman–Crippen MR) is 48.4 cm³/mol. The molecular formula is H4CaMg3O8P2Sr. The molecule has 72 valence electrons. The maximum absolute atomic E-state index is 8.55. The van der Waals surface area contributed by atoms with Crippen LogP contribution in [0, 0.1) is 0 Å². The fourth-order valence-electron chi connectivity index (χ4n) is 0. The van der Waals surface area contributed by atoms with E-state index in [1.807, 2.05) is 0 Å². The summed E-state index contributed by atoms with van der Waals surface area (Å²) in [5.41, 5.74) is 0. The minimum atomic E-state index is -5.39. The number of hydrogen-bond acceptors (Lipinski definition) is 8. The molecule has 0 aromatic heterocycles. The Bertz CT molecular complexity index is 154. The molecule has 0 aliphatic rings. The molecular weight excluding hydrogens is 391 g/mol. The average Bonchev–Trinajstić information content (AvgIpc) is 1.12. The zero-order valence-corrected chi connectivity index (χ0v) is 19.4. The van der Waals surface area contributed by atoms with Crippen molar-refractivity contribution in [1.82, 2.24) is 0 Å². The molecule has 8 nitrogen and oxygen atoms in total. The van der Waals surface area contributed by atoms with Crippen molar-refractivity contribution < 1.29 is 44.2 Å². The molecule has 0 aromatic rings. The first-order chi connectivity index (χ1) is 4.00. The van der Waals surface area contributed by atoms with Gasteiger partial charge in [0.05, 0.1) is 0 Å². The zero-order valence-electron chi connectivity index (χ0n) is 11.7. The maximum Gasteiger partial charge on any atom is 2.00 e. The molecule has 0 rings (SSSR count). The summed E-state index contributed by atoms with van der Waals surface area (Å²) in [7, 11) is -10.8. The van der Waals surface area contributed by atoms with Crippen molar-refractivity contribution in [1.29, 1.82) is 0 Å². The molecule has 0 fully saturated rings. The Morgan fingerprint density at radius 2 is 0.667 bits per heavy atom. The van der Waals surface area contributed by atoms with E-state index in [0.29, 0.717) is 0 Å². The summed E-state index contributed by atoms with van der Waals surface area (Å²) in [6.07, 6.45) is 0. The topological polar surface area (TPSA) is 172 Å². The third-order valence-electron chi connectivity index (χ3n) is 0. The first-order valence-electron chi connectivity index (χ1n) is 1.46. The van der Waals surface area contributed by atoms with Crippen LogP contribution in [-0.4, -0.2) is 152 Å². The molecule has 0 N–H and O–H groups in total. The molecule has 0 spiro atoms. The molecule has 0 aliphatic carbocycles. The van der Waals surface area contributed by atoms with Gasteiger partial charge < -0.3 is 44.2 Å². The summed E-state index contributed by atoms with van der Waals surface area (Å²) in [6, 6.07) is 0. The monoisotopic (exact) mass is 394 g/mol. The molecule has 15 heteroatoms. The van der Waals surface area contributed by atoms with Gasteiger partial charge in [-0.05, 0) is 0 Å². The Labute approximate surface area is 207 Å². The Balaban J connectivity index is -0.00000000508. The zero-order chi connectivity index (χ0) is 9.00. The predicted octanol–water partition coefficient (Wildman–Crippen LogP) is -7.10. The molecule has 0 amide bonds. The second-order valence-electron chi connectivity index (χ2n) is 0.894.